The molecule has 0 unspecified atom stereocenters. The van der Waals surface area contributed by atoms with Crippen LogP contribution in [-0.4, -0.2) is 96.4 Å². The van der Waals surface area contributed by atoms with E-state index in [0.717, 1.165) is 27.6 Å². The van der Waals surface area contributed by atoms with E-state index in [2.05, 4.69) is 4.98 Å². The second-order valence-electron chi connectivity index (χ2n) is 11.8. The van der Waals surface area contributed by atoms with Gasteiger partial charge in [-0.05, 0) is 46.7 Å². The predicted octanol–water partition coefficient (Wildman–Crippen LogP) is 2.42. The van der Waals surface area contributed by atoms with Crippen molar-refractivity contribution in [3.8, 4) is 11.3 Å². The number of anilines is 1. The Hall–Kier alpha value is -4.91. The minimum atomic E-state index is -1.80. The molecule has 0 spiro atoms. The predicted molar refractivity (Wildman–Crippen MR) is 176 cm³/mol. The monoisotopic (exact) mass is 636 g/mol. The molecule has 11 nitrogen and oxygen atoms in total. The number of carbonyl (C=O) groups is 2. The van der Waals surface area contributed by atoms with E-state index in [-0.39, 0.29) is 19.0 Å². The number of rotatable bonds is 9. The molecule has 1 aliphatic rings. The fourth-order valence-electron chi connectivity index (χ4n) is 6.04. The summed E-state index contributed by atoms with van der Waals surface area (Å²) in [7, 11) is 1.45. The Morgan fingerprint density at radius 3 is 2.32 bits per heavy atom. The number of aromatic nitrogens is 2. The molecule has 0 fully saturated rings. The van der Waals surface area contributed by atoms with Gasteiger partial charge in [-0.25, -0.2) is 0 Å². The molecular weight excluding hydrogens is 600 g/mol. The maximum absolute atomic E-state index is 14.0. The van der Waals surface area contributed by atoms with Crippen molar-refractivity contribution in [3.63, 3.8) is 0 Å². The van der Waals surface area contributed by atoms with Crippen LogP contribution < -0.4 is 4.90 Å². The van der Waals surface area contributed by atoms with Crippen LogP contribution in [0.1, 0.15) is 32.1 Å². The van der Waals surface area contributed by atoms with Crippen molar-refractivity contribution in [2.45, 2.75) is 37.5 Å². The minimum absolute atomic E-state index is 0.185. The SMILES string of the molecule is CN(C[C@H](O)[C@@H](O)[C@H](O)[C@H](O)CO)C(=O)c1ccc2n1Cc1ccccc1N(C(=O)c1ccc(-c3cccc4ccccc34)nc1)C2. The first kappa shape index (κ1) is 32.0. The molecular formula is C36H36N4O7. The topological polar surface area (TPSA) is 160 Å². The van der Waals surface area contributed by atoms with Crippen LogP contribution in [0.3, 0.4) is 0 Å². The lowest BCUT2D eigenvalue weighted by atomic mass is 10.0. The maximum Gasteiger partial charge on any atom is 0.270 e. The minimum Gasteiger partial charge on any atom is -0.394 e. The average molecular weight is 637 g/mol. The highest BCUT2D eigenvalue weighted by molar-refractivity contribution is 6.07. The van der Waals surface area contributed by atoms with Crippen LogP contribution in [-0.2, 0) is 13.1 Å². The number of likely N-dealkylation sites (N-methyl/N-ethyl adjacent to an activating group) is 1. The first-order valence-corrected chi connectivity index (χ1v) is 15.3. The number of aliphatic hydroxyl groups excluding tert-OH is 5. The van der Waals surface area contributed by atoms with Crippen LogP contribution in [0.25, 0.3) is 22.0 Å². The van der Waals surface area contributed by atoms with E-state index >= 15 is 0 Å². The molecule has 2 amide bonds. The van der Waals surface area contributed by atoms with Crippen molar-refractivity contribution in [3.05, 3.63) is 120 Å². The van der Waals surface area contributed by atoms with Gasteiger partial charge in [0.25, 0.3) is 11.8 Å². The van der Waals surface area contributed by atoms with E-state index in [4.69, 9.17) is 5.11 Å². The second-order valence-corrected chi connectivity index (χ2v) is 11.8. The van der Waals surface area contributed by atoms with Gasteiger partial charge in [-0.2, -0.15) is 0 Å². The quantitative estimate of drug-likeness (QED) is 0.165. The molecule has 11 heteroatoms. The first-order valence-electron chi connectivity index (χ1n) is 15.3. The smallest absolute Gasteiger partial charge is 0.270 e. The summed E-state index contributed by atoms with van der Waals surface area (Å²) >= 11 is 0. The summed E-state index contributed by atoms with van der Waals surface area (Å²) in [6, 6.07) is 28.7. The van der Waals surface area contributed by atoms with Crippen LogP contribution in [0.15, 0.2) is 97.2 Å². The standard InChI is InChI=1S/C36H36N4O7/c1-38(20-31(42)33(44)34(45)32(43)21-41)36(47)30-16-14-25-19-40(29-12-5-3-8-24(29)18-39(25)30)35(46)23-13-15-28(37-17-23)27-11-6-9-22-7-2-4-10-26(22)27/h2-17,31-34,41-45H,18-21H2,1H3/t31-,32+,33+,34+/m0/s1. The number of hydrogen-bond donors (Lipinski definition) is 5. The summed E-state index contributed by atoms with van der Waals surface area (Å²) < 4.78 is 1.82. The Morgan fingerprint density at radius 2 is 1.55 bits per heavy atom. The lowest BCUT2D eigenvalue weighted by molar-refractivity contribution is -0.117. The molecule has 0 saturated heterocycles. The van der Waals surface area contributed by atoms with Gasteiger partial charge in [0.15, 0.2) is 0 Å². The van der Waals surface area contributed by atoms with Gasteiger partial charge in [-0.15, -0.1) is 0 Å². The molecule has 3 aromatic carbocycles. The summed E-state index contributed by atoms with van der Waals surface area (Å²) in [6.07, 6.45) is -5.24. The van der Waals surface area contributed by atoms with E-state index in [1.54, 1.807) is 29.3 Å². The third-order valence-electron chi connectivity index (χ3n) is 8.68. The third kappa shape index (κ3) is 6.27. The van der Waals surface area contributed by atoms with Crippen LogP contribution in [0.4, 0.5) is 5.69 Å². The third-order valence-corrected chi connectivity index (χ3v) is 8.68. The van der Waals surface area contributed by atoms with Gasteiger partial charge in [0.2, 0.25) is 0 Å². The molecule has 47 heavy (non-hydrogen) atoms. The van der Waals surface area contributed by atoms with Crippen molar-refractivity contribution >= 4 is 28.3 Å². The van der Waals surface area contributed by atoms with E-state index in [1.807, 2.05) is 77.4 Å². The number of para-hydroxylation sites is 1. The fraction of sp³-hybridized carbons (Fsp3) is 0.250. The normalized spacial score (nSPS) is 15.2. The summed E-state index contributed by atoms with van der Waals surface area (Å²) in [5.74, 6) is -0.694. The van der Waals surface area contributed by atoms with Crippen LogP contribution >= 0.6 is 0 Å². The number of nitrogens with zero attached hydrogens (tertiary/aromatic N) is 4. The zero-order valence-corrected chi connectivity index (χ0v) is 25.7. The van der Waals surface area contributed by atoms with Crippen molar-refractivity contribution < 1.29 is 35.1 Å². The number of pyridine rings is 1. The van der Waals surface area contributed by atoms with E-state index in [9.17, 15) is 30.0 Å². The summed E-state index contributed by atoms with van der Waals surface area (Å²) in [5, 5.41) is 51.5. The maximum atomic E-state index is 14.0. The molecule has 0 aliphatic carbocycles. The number of hydrogen-bond acceptors (Lipinski definition) is 8. The van der Waals surface area contributed by atoms with E-state index < -0.39 is 36.9 Å². The molecule has 4 atom stereocenters. The lowest BCUT2D eigenvalue weighted by Gasteiger charge is -2.28. The van der Waals surface area contributed by atoms with Gasteiger partial charge in [0, 0.05) is 36.7 Å². The van der Waals surface area contributed by atoms with Crippen molar-refractivity contribution in [2.24, 2.45) is 0 Å². The van der Waals surface area contributed by atoms with Crippen molar-refractivity contribution in [1.82, 2.24) is 14.5 Å². The van der Waals surface area contributed by atoms with Crippen LogP contribution in [0.5, 0.6) is 0 Å². The Labute approximate surface area is 271 Å². The van der Waals surface area contributed by atoms with Crippen molar-refractivity contribution in [1.29, 1.82) is 0 Å². The van der Waals surface area contributed by atoms with Gasteiger partial charge in [-0.1, -0.05) is 60.7 Å². The molecule has 242 valence electrons. The van der Waals surface area contributed by atoms with Gasteiger partial charge in [0.1, 0.15) is 30.1 Å². The largest absolute Gasteiger partial charge is 0.394 e. The highest BCUT2D eigenvalue weighted by Gasteiger charge is 2.33. The molecule has 5 aromatic rings. The number of amides is 2. The van der Waals surface area contributed by atoms with Crippen LogP contribution in [0.2, 0.25) is 0 Å². The average Bonchev–Trinajstić information content (AvgIpc) is 3.42. The highest BCUT2D eigenvalue weighted by atomic mass is 16.4. The number of carbonyl (C=O) groups excluding carboxylic acids is 2. The van der Waals surface area contributed by atoms with Crippen LogP contribution in [0, 0.1) is 0 Å². The van der Waals surface area contributed by atoms with Gasteiger partial charge >= 0.3 is 0 Å². The lowest BCUT2D eigenvalue weighted by Crippen LogP contribution is -2.50. The Balaban J connectivity index is 1.24. The second kappa shape index (κ2) is 13.4. The number of benzene rings is 3. The molecule has 0 saturated carbocycles. The Bertz CT molecular complexity index is 1900. The Kier molecular flexibility index (Phi) is 9.17. The van der Waals surface area contributed by atoms with Crippen molar-refractivity contribution in [2.75, 3.05) is 25.1 Å². The van der Waals surface area contributed by atoms with Gasteiger partial charge in [-0.3, -0.25) is 14.6 Å². The highest BCUT2D eigenvalue weighted by Crippen LogP contribution is 2.32. The zero-order chi connectivity index (χ0) is 33.2. The van der Waals surface area contributed by atoms with E-state index in [1.165, 1.54) is 11.9 Å². The molecule has 5 N–H and O–H groups in total. The van der Waals surface area contributed by atoms with E-state index in [0.29, 0.717) is 29.2 Å². The molecule has 1 aliphatic heterocycles. The summed E-state index contributed by atoms with van der Waals surface area (Å²) in [5.41, 5.74) is 4.71. The molecule has 6 rings (SSSR count). The number of aliphatic hydroxyl groups is 5. The summed E-state index contributed by atoms with van der Waals surface area (Å²) in [4.78, 5) is 35.1. The Morgan fingerprint density at radius 1 is 0.830 bits per heavy atom. The van der Waals surface area contributed by atoms with Gasteiger partial charge in [0.05, 0.1) is 31.0 Å². The molecule has 3 heterocycles. The van der Waals surface area contributed by atoms with Gasteiger partial charge < -0.3 is 39.9 Å². The number of fused-ring (bicyclic) bond motifs is 3. The summed E-state index contributed by atoms with van der Waals surface area (Å²) in [6.45, 7) is -0.658. The molecule has 0 bridgehead atoms. The first-order chi connectivity index (χ1) is 22.7. The zero-order valence-electron chi connectivity index (χ0n) is 25.7. The fourth-order valence-corrected chi connectivity index (χ4v) is 6.04. The molecule has 2 aromatic heterocycles. The molecule has 0 radical (unpaired) electrons.